The second kappa shape index (κ2) is 2.75. The molecule has 25 valence electrons. The monoisotopic (exact) mass is 225 g/mol. The lowest BCUT2D eigenvalue weighted by Crippen LogP contribution is -1.64. The van der Waals surface area contributed by atoms with E-state index in [-0.39, 0.29) is 0 Å². The first-order chi connectivity index (χ1) is 1.73. The molecular formula is Cl2ISi. The van der Waals surface area contributed by atoms with Crippen LogP contribution >= 0.6 is 44.0 Å². The first kappa shape index (κ1) is 5.53. The summed E-state index contributed by atoms with van der Waals surface area (Å²) in [6.07, 6.45) is 0. The Morgan fingerprint density at radius 2 is 1.50 bits per heavy atom. The van der Waals surface area contributed by atoms with Crippen LogP contribution in [0.5, 0.6) is 0 Å². The van der Waals surface area contributed by atoms with Crippen molar-refractivity contribution < 1.29 is 0 Å². The average Bonchev–Trinajstić information content (AvgIpc) is 0.811. The molecule has 4 heteroatoms. The van der Waals surface area contributed by atoms with Crippen molar-refractivity contribution in [2.45, 2.75) is 0 Å². The molecule has 0 saturated heterocycles. The summed E-state index contributed by atoms with van der Waals surface area (Å²) in [5.41, 5.74) is 0. The van der Waals surface area contributed by atoms with Crippen molar-refractivity contribution in [2.24, 2.45) is 0 Å². The van der Waals surface area contributed by atoms with Gasteiger partial charge in [0.2, 0.25) is 0 Å². The molecule has 0 rings (SSSR count). The first-order valence-electron chi connectivity index (χ1n) is 0.567. The predicted molar refractivity (Wildman–Crippen MR) is 31.5 cm³/mol. The number of hydrogen-bond donors (Lipinski definition) is 0. The van der Waals surface area contributed by atoms with E-state index in [1.807, 2.05) is 21.8 Å². The molecule has 0 N–H and O–H groups in total. The Hall–Kier alpha value is 1.53. The molecule has 0 saturated carbocycles. The van der Waals surface area contributed by atoms with Gasteiger partial charge in [-0.15, -0.1) is 22.2 Å². The maximum Gasteiger partial charge on any atom is 0.343 e. The zero-order chi connectivity index (χ0) is 3.58. The third-order valence-corrected chi connectivity index (χ3v) is 0. The third kappa shape index (κ3) is 9.66. The van der Waals surface area contributed by atoms with Crippen molar-refractivity contribution >= 4 is 48.9 Å². The summed E-state index contributed by atoms with van der Waals surface area (Å²) < 4.78 is 0. The summed E-state index contributed by atoms with van der Waals surface area (Å²) in [4.78, 5) is -0.965. The van der Waals surface area contributed by atoms with Gasteiger partial charge in [0.15, 0.2) is 0 Å². The molecule has 4 heavy (non-hydrogen) atoms. The van der Waals surface area contributed by atoms with Gasteiger partial charge in [0.05, 0.1) is 0 Å². The summed E-state index contributed by atoms with van der Waals surface area (Å²) in [7, 11) is 0. The van der Waals surface area contributed by atoms with E-state index in [9.17, 15) is 0 Å². The van der Waals surface area contributed by atoms with E-state index >= 15 is 0 Å². The van der Waals surface area contributed by atoms with Crippen LogP contribution in [0.25, 0.3) is 0 Å². The number of halogens is 3. The molecule has 0 amide bonds. The minimum atomic E-state index is -0.965. The highest BCUT2D eigenvalue weighted by Gasteiger charge is 1.86. The Morgan fingerprint density at radius 1 is 1.50 bits per heavy atom. The maximum absolute atomic E-state index is 5.13. The van der Waals surface area contributed by atoms with Crippen LogP contribution in [0.15, 0.2) is 0 Å². The van der Waals surface area contributed by atoms with Crippen molar-refractivity contribution in [3.63, 3.8) is 0 Å². The van der Waals surface area contributed by atoms with E-state index in [4.69, 9.17) is 22.2 Å². The fourth-order valence-electron chi connectivity index (χ4n) is 0. The first-order valence-corrected chi connectivity index (χ1v) is 7.20. The summed E-state index contributed by atoms with van der Waals surface area (Å²) in [5.74, 6) is 0. The molecule has 0 heterocycles. The standard InChI is InChI=1S/Cl2ISi/c1-4(2)3. The molecule has 0 spiro atoms. The van der Waals surface area contributed by atoms with Crippen LogP contribution in [0.3, 0.4) is 0 Å². The van der Waals surface area contributed by atoms with E-state index in [0.717, 1.165) is 0 Å². The Morgan fingerprint density at radius 3 is 1.50 bits per heavy atom. The predicted octanol–water partition coefficient (Wildman–Crippen LogP) is 1.88. The lowest BCUT2D eigenvalue weighted by atomic mass is 27.8. The van der Waals surface area contributed by atoms with Crippen molar-refractivity contribution in [2.75, 3.05) is 0 Å². The fraction of sp³-hybridized carbons (Fsp3) is 0. The second-order valence-electron chi connectivity index (χ2n) is 0.214. The Labute approximate surface area is 48.7 Å². The quantitative estimate of drug-likeness (QED) is 0.336. The van der Waals surface area contributed by atoms with E-state index in [0.29, 0.717) is 0 Å². The lowest BCUT2D eigenvalue weighted by molar-refractivity contribution is 4.33. The highest BCUT2D eigenvalue weighted by Crippen LogP contribution is 2.02. The van der Waals surface area contributed by atoms with Gasteiger partial charge in [0.1, 0.15) is 0 Å². The van der Waals surface area contributed by atoms with E-state index in [1.54, 1.807) is 0 Å². The average molecular weight is 226 g/mol. The molecule has 0 aromatic carbocycles. The van der Waals surface area contributed by atoms with Crippen LogP contribution in [0.1, 0.15) is 0 Å². The molecule has 0 bridgehead atoms. The SMILES string of the molecule is Cl[Si](Cl)I. The Bertz CT molecular complexity index is 10.8. The van der Waals surface area contributed by atoms with Crippen LogP contribution in [0, 0.1) is 0 Å². The molecular weight excluding hydrogens is 226 g/mol. The minimum absolute atomic E-state index is 0.965. The normalized spacial score (nSPS) is 9.00. The third-order valence-electron chi connectivity index (χ3n) is 0. The van der Waals surface area contributed by atoms with Crippen molar-refractivity contribution in [1.29, 1.82) is 0 Å². The van der Waals surface area contributed by atoms with Gasteiger partial charge in [-0.25, -0.2) is 0 Å². The molecule has 0 unspecified atom stereocenters. The number of hydrogen-bond acceptors (Lipinski definition) is 0. The summed E-state index contributed by atoms with van der Waals surface area (Å²) in [6.45, 7) is 0. The van der Waals surface area contributed by atoms with Crippen LogP contribution in [0.4, 0.5) is 0 Å². The number of rotatable bonds is 0. The van der Waals surface area contributed by atoms with Gasteiger partial charge >= 0.3 is 4.91 Å². The molecule has 0 aliphatic carbocycles. The maximum atomic E-state index is 5.13. The van der Waals surface area contributed by atoms with E-state index < -0.39 is 4.91 Å². The highest BCUT2D eigenvalue weighted by molar-refractivity contribution is 14.1. The molecule has 0 aliphatic heterocycles. The van der Waals surface area contributed by atoms with Crippen LogP contribution in [0.2, 0.25) is 0 Å². The largest absolute Gasteiger partial charge is 0.343 e. The van der Waals surface area contributed by atoms with Gasteiger partial charge in [0.25, 0.3) is 0 Å². The van der Waals surface area contributed by atoms with Crippen LogP contribution in [-0.2, 0) is 0 Å². The van der Waals surface area contributed by atoms with Crippen LogP contribution < -0.4 is 0 Å². The lowest BCUT2D eigenvalue weighted by Gasteiger charge is -1.63. The molecule has 0 aliphatic rings. The smallest absolute Gasteiger partial charge is 0.132 e. The zero-order valence-electron chi connectivity index (χ0n) is 1.63. The highest BCUT2D eigenvalue weighted by atomic mass is 127. The molecule has 0 atom stereocenters. The summed E-state index contributed by atoms with van der Waals surface area (Å²) in [5, 5.41) is 0. The Balaban J connectivity index is 2.32. The van der Waals surface area contributed by atoms with Crippen molar-refractivity contribution in [1.82, 2.24) is 0 Å². The van der Waals surface area contributed by atoms with E-state index in [2.05, 4.69) is 0 Å². The molecule has 0 fully saturated rings. The zero-order valence-corrected chi connectivity index (χ0v) is 6.30. The topological polar surface area (TPSA) is 0 Å². The molecule has 0 aromatic rings. The van der Waals surface area contributed by atoms with Gasteiger partial charge < -0.3 is 0 Å². The van der Waals surface area contributed by atoms with Gasteiger partial charge in [-0.3, -0.25) is 0 Å². The molecule has 0 nitrogen and oxygen atoms in total. The van der Waals surface area contributed by atoms with Crippen molar-refractivity contribution in [3.05, 3.63) is 0 Å². The van der Waals surface area contributed by atoms with Crippen molar-refractivity contribution in [3.8, 4) is 0 Å². The summed E-state index contributed by atoms with van der Waals surface area (Å²) >= 11 is 12.2. The van der Waals surface area contributed by atoms with Crippen LogP contribution in [-0.4, -0.2) is 4.91 Å². The minimum Gasteiger partial charge on any atom is -0.132 e. The molecule has 1 radical (unpaired) electrons. The van der Waals surface area contributed by atoms with Gasteiger partial charge in [-0.2, -0.15) is 0 Å². The second-order valence-corrected chi connectivity index (χ2v) is 10.6. The molecule has 0 aromatic heterocycles. The van der Waals surface area contributed by atoms with Gasteiger partial charge in [0, 0.05) is 0 Å². The summed E-state index contributed by atoms with van der Waals surface area (Å²) in [6, 6.07) is 0. The Kier molecular flexibility index (Phi) is 3.80. The van der Waals surface area contributed by atoms with E-state index in [1.165, 1.54) is 0 Å². The fourth-order valence-corrected chi connectivity index (χ4v) is 0. The van der Waals surface area contributed by atoms with Gasteiger partial charge in [-0.1, -0.05) is 21.8 Å². The van der Waals surface area contributed by atoms with Gasteiger partial charge in [-0.05, 0) is 0 Å².